The molecule has 0 aliphatic carbocycles. The second kappa shape index (κ2) is 5.05. The Morgan fingerprint density at radius 2 is 2.13 bits per heavy atom. The summed E-state index contributed by atoms with van der Waals surface area (Å²) in [6.07, 6.45) is 2.35. The van der Waals surface area contributed by atoms with E-state index in [4.69, 9.17) is 5.26 Å². The number of alkyl halides is 2. The van der Waals surface area contributed by atoms with Crippen LogP contribution in [0.1, 0.15) is 5.56 Å². The molecular formula is C10H6F3NO. The Labute approximate surface area is 84.2 Å². The van der Waals surface area contributed by atoms with Crippen LogP contribution in [0.2, 0.25) is 0 Å². The number of benzene rings is 1. The molecule has 0 amide bonds. The fraction of sp³-hybridized carbons (Fsp3) is 0.100. The number of allylic oxidation sites excluding steroid dienone is 1. The largest absolute Gasteiger partial charge is 0.434 e. The fourth-order valence-electron chi connectivity index (χ4n) is 0.971. The van der Waals surface area contributed by atoms with Crippen molar-refractivity contribution < 1.29 is 17.9 Å². The van der Waals surface area contributed by atoms with Crippen LogP contribution in [0.5, 0.6) is 5.75 Å². The third kappa shape index (κ3) is 3.35. The van der Waals surface area contributed by atoms with E-state index in [0.717, 1.165) is 18.2 Å². The summed E-state index contributed by atoms with van der Waals surface area (Å²) >= 11 is 0. The molecule has 2 nitrogen and oxygen atoms in total. The van der Waals surface area contributed by atoms with E-state index in [2.05, 4.69) is 4.74 Å². The molecule has 0 aliphatic rings. The highest BCUT2D eigenvalue weighted by Crippen LogP contribution is 2.23. The topological polar surface area (TPSA) is 33.0 Å². The summed E-state index contributed by atoms with van der Waals surface area (Å²) in [6.45, 7) is -3.03. The van der Waals surface area contributed by atoms with Gasteiger partial charge in [0.2, 0.25) is 0 Å². The number of ether oxygens (including phenoxy) is 1. The first-order chi connectivity index (χ1) is 7.13. The standard InChI is InChI=1S/C10H6F3NO/c11-8-4-3-7(2-1-5-14)9(6-8)15-10(12)13/h1-4,6,10H. The highest BCUT2D eigenvalue weighted by Gasteiger charge is 2.08. The molecule has 0 saturated heterocycles. The molecule has 0 bridgehead atoms. The Hall–Kier alpha value is -1.96. The molecule has 0 fully saturated rings. The average Bonchev–Trinajstić information content (AvgIpc) is 2.16. The van der Waals surface area contributed by atoms with Crippen LogP contribution in [0.3, 0.4) is 0 Å². The van der Waals surface area contributed by atoms with E-state index in [-0.39, 0.29) is 11.3 Å². The number of rotatable bonds is 3. The van der Waals surface area contributed by atoms with Crippen LogP contribution in [-0.2, 0) is 0 Å². The zero-order chi connectivity index (χ0) is 11.3. The van der Waals surface area contributed by atoms with Gasteiger partial charge in [0, 0.05) is 17.7 Å². The maximum Gasteiger partial charge on any atom is 0.387 e. The van der Waals surface area contributed by atoms with E-state index >= 15 is 0 Å². The SMILES string of the molecule is N#CC=Cc1ccc(F)cc1OC(F)F. The summed E-state index contributed by atoms with van der Waals surface area (Å²) < 4.78 is 40.6. The molecule has 78 valence electrons. The van der Waals surface area contributed by atoms with Crippen LogP contribution in [-0.4, -0.2) is 6.61 Å². The first-order valence-corrected chi connectivity index (χ1v) is 3.94. The molecule has 0 radical (unpaired) electrons. The molecule has 1 rings (SSSR count). The quantitative estimate of drug-likeness (QED) is 0.723. The fourth-order valence-corrected chi connectivity index (χ4v) is 0.971. The molecule has 0 aliphatic heterocycles. The summed E-state index contributed by atoms with van der Waals surface area (Å²) in [5.74, 6) is -0.976. The van der Waals surface area contributed by atoms with Crippen LogP contribution in [0, 0.1) is 17.1 Å². The predicted octanol–water partition coefficient (Wildman–Crippen LogP) is 2.96. The molecule has 15 heavy (non-hydrogen) atoms. The van der Waals surface area contributed by atoms with Gasteiger partial charge in [0.05, 0.1) is 6.07 Å². The van der Waals surface area contributed by atoms with Crippen molar-refractivity contribution in [1.82, 2.24) is 0 Å². The highest BCUT2D eigenvalue weighted by atomic mass is 19.3. The number of hydrogen-bond donors (Lipinski definition) is 0. The molecule has 1 aromatic rings. The normalized spacial score (nSPS) is 10.6. The molecule has 0 saturated carbocycles. The molecule has 0 aromatic heterocycles. The Bertz CT molecular complexity index is 410. The summed E-state index contributed by atoms with van der Waals surface area (Å²) in [4.78, 5) is 0. The summed E-state index contributed by atoms with van der Waals surface area (Å²) in [7, 11) is 0. The predicted molar refractivity (Wildman–Crippen MR) is 47.7 cm³/mol. The zero-order valence-electron chi connectivity index (χ0n) is 7.45. The molecule has 0 atom stereocenters. The minimum absolute atomic E-state index is 0.221. The van der Waals surface area contributed by atoms with E-state index in [1.165, 1.54) is 12.1 Å². The van der Waals surface area contributed by atoms with Crippen molar-refractivity contribution in [2.24, 2.45) is 0 Å². The molecule has 5 heteroatoms. The minimum atomic E-state index is -3.03. The lowest BCUT2D eigenvalue weighted by atomic mass is 10.2. The monoisotopic (exact) mass is 213 g/mol. The molecule has 0 spiro atoms. The van der Waals surface area contributed by atoms with E-state index in [1.807, 2.05) is 0 Å². The van der Waals surface area contributed by atoms with Gasteiger partial charge in [0.15, 0.2) is 0 Å². The van der Waals surface area contributed by atoms with Gasteiger partial charge in [-0.1, -0.05) is 0 Å². The number of hydrogen-bond acceptors (Lipinski definition) is 2. The van der Waals surface area contributed by atoms with Crippen molar-refractivity contribution in [2.75, 3.05) is 0 Å². The summed E-state index contributed by atoms with van der Waals surface area (Å²) in [5.41, 5.74) is 0.221. The minimum Gasteiger partial charge on any atom is -0.434 e. The first-order valence-electron chi connectivity index (χ1n) is 3.94. The maximum atomic E-state index is 12.7. The van der Waals surface area contributed by atoms with Gasteiger partial charge >= 0.3 is 6.61 Å². The van der Waals surface area contributed by atoms with Gasteiger partial charge in [-0.2, -0.15) is 14.0 Å². The van der Waals surface area contributed by atoms with E-state index in [0.29, 0.717) is 0 Å². The van der Waals surface area contributed by atoms with E-state index in [9.17, 15) is 13.2 Å². The van der Waals surface area contributed by atoms with Crippen molar-refractivity contribution in [3.05, 3.63) is 35.7 Å². The van der Waals surface area contributed by atoms with E-state index in [1.54, 1.807) is 6.07 Å². The smallest absolute Gasteiger partial charge is 0.387 e. The average molecular weight is 213 g/mol. The summed E-state index contributed by atoms with van der Waals surface area (Å²) in [6, 6.07) is 4.87. The second-order valence-corrected chi connectivity index (χ2v) is 2.52. The third-order valence-electron chi connectivity index (χ3n) is 1.53. The van der Waals surface area contributed by atoms with Crippen LogP contribution in [0.25, 0.3) is 6.08 Å². The highest BCUT2D eigenvalue weighted by molar-refractivity contribution is 5.58. The van der Waals surface area contributed by atoms with Crippen LogP contribution in [0.4, 0.5) is 13.2 Å². The van der Waals surface area contributed by atoms with Crippen LogP contribution >= 0.6 is 0 Å². The molecular weight excluding hydrogens is 207 g/mol. The van der Waals surface area contributed by atoms with Crippen molar-refractivity contribution in [1.29, 1.82) is 5.26 Å². The Morgan fingerprint density at radius 1 is 1.40 bits per heavy atom. The molecule has 0 N–H and O–H groups in total. The lowest BCUT2D eigenvalue weighted by molar-refractivity contribution is -0.0501. The Balaban J connectivity index is 3.04. The van der Waals surface area contributed by atoms with Crippen molar-refractivity contribution in [3.8, 4) is 11.8 Å². The molecule has 1 aromatic carbocycles. The third-order valence-corrected chi connectivity index (χ3v) is 1.53. The van der Waals surface area contributed by atoms with Crippen molar-refractivity contribution in [3.63, 3.8) is 0 Å². The van der Waals surface area contributed by atoms with Gasteiger partial charge in [0.1, 0.15) is 11.6 Å². The molecule has 0 unspecified atom stereocenters. The lowest BCUT2D eigenvalue weighted by Gasteiger charge is -2.07. The van der Waals surface area contributed by atoms with Gasteiger partial charge in [-0.3, -0.25) is 0 Å². The first kappa shape index (κ1) is 11.1. The van der Waals surface area contributed by atoms with Gasteiger partial charge < -0.3 is 4.74 Å². The Kier molecular flexibility index (Phi) is 3.75. The number of nitrogens with zero attached hydrogens (tertiary/aromatic N) is 1. The zero-order valence-corrected chi connectivity index (χ0v) is 7.45. The second-order valence-electron chi connectivity index (χ2n) is 2.52. The van der Waals surface area contributed by atoms with Crippen LogP contribution < -0.4 is 4.74 Å². The van der Waals surface area contributed by atoms with Crippen LogP contribution in [0.15, 0.2) is 24.3 Å². The number of nitriles is 1. The number of halogens is 3. The van der Waals surface area contributed by atoms with Gasteiger partial charge in [-0.15, -0.1) is 0 Å². The summed E-state index contributed by atoms with van der Waals surface area (Å²) in [5, 5.41) is 8.26. The van der Waals surface area contributed by atoms with Gasteiger partial charge in [-0.25, -0.2) is 4.39 Å². The molecule has 0 heterocycles. The van der Waals surface area contributed by atoms with Crippen molar-refractivity contribution >= 4 is 6.08 Å². The van der Waals surface area contributed by atoms with Gasteiger partial charge in [-0.05, 0) is 18.2 Å². The maximum absolute atomic E-state index is 12.7. The van der Waals surface area contributed by atoms with Crippen molar-refractivity contribution in [2.45, 2.75) is 6.61 Å². The Morgan fingerprint density at radius 3 is 2.73 bits per heavy atom. The lowest BCUT2D eigenvalue weighted by Crippen LogP contribution is -2.03. The van der Waals surface area contributed by atoms with E-state index < -0.39 is 12.4 Å². The van der Waals surface area contributed by atoms with Gasteiger partial charge in [0.25, 0.3) is 0 Å².